The van der Waals surface area contributed by atoms with E-state index in [2.05, 4.69) is 27.6 Å². The van der Waals surface area contributed by atoms with E-state index >= 15 is 0 Å². The lowest BCUT2D eigenvalue weighted by Crippen LogP contribution is -2.38. The zero-order chi connectivity index (χ0) is 16.4. The molecular weight excluding hydrogens is 308 g/mol. The van der Waals surface area contributed by atoms with Crippen molar-refractivity contribution in [1.82, 2.24) is 15.2 Å². The van der Waals surface area contributed by atoms with E-state index in [0.29, 0.717) is 24.5 Å². The molecule has 1 amide bonds. The molecule has 0 saturated heterocycles. The zero-order valence-electron chi connectivity index (χ0n) is 13.3. The fourth-order valence-corrected chi connectivity index (χ4v) is 3.19. The van der Waals surface area contributed by atoms with Crippen LogP contribution in [0.2, 0.25) is 0 Å². The third-order valence-corrected chi connectivity index (χ3v) is 4.50. The van der Waals surface area contributed by atoms with E-state index in [1.807, 2.05) is 17.0 Å². The minimum absolute atomic E-state index is 0.0526. The van der Waals surface area contributed by atoms with Crippen LogP contribution in [0.5, 0.6) is 0 Å². The predicted molar refractivity (Wildman–Crippen MR) is 85.3 cm³/mol. The highest BCUT2D eigenvalue weighted by molar-refractivity contribution is 6.00. The summed E-state index contributed by atoms with van der Waals surface area (Å²) in [5, 5.41) is 11.8. The van der Waals surface area contributed by atoms with Crippen molar-refractivity contribution in [3.05, 3.63) is 46.8 Å². The van der Waals surface area contributed by atoms with Crippen molar-refractivity contribution >= 4 is 11.6 Å². The first kappa shape index (κ1) is 14.9. The zero-order valence-corrected chi connectivity index (χ0v) is 13.3. The second-order valence-electron chi connectivity index (χ2n) is 6.06. The number of hydrogen-bond acceptors (Lipinski definition) is 6. The molecule has 1 aromatic carbocycles. The van der Waals surface area contributed by atoms with Crippen molar-refractivity contribution in [2.75, 3.05) is 13.2 Å². The SMILES string of the molecule is O=C(CO/N=C1/CCCc2nonc21)N1CCc2ccccc2C1. The van der Waals surface area contributed by atoms with Crippen LogP contribution >= 0.6 is 0 Å². The maximum Gasteiger partial charge on any atom is 0.263 e. The van der Waals surface area contributed by atoms with E-state index in [0.717, 1.165) is 31.4 Å². The van der Waals surface area contributed by atoms with E-state index in [9.17, 15) is 4.79 Å². The first-order chi connectivity index (χ1) is 11.8. The third-order valence-electron chi connectivity index (χ3n) is 4.50. The molecule has 0 spiro atoms. The molecule has 7 heteroatoms. The Balaban J connectivity index is 1.36. The van der Waals surface area contributed by atoms with E-state index in [4.69, 9.17) is 9.47 Å². The van der Waals surface area contributed by atoms with E-state index < -0.39 is 0 Å². The van der Waals surface area contributed by atoms with Gasteiger partial charge in [-0.05, 0) is 42.0 Å². The van der Waals surface area contributed by atoms with E-state index in [1.165, 1.54) is 11.1 Å². The molecule has 7 nitrogen and oxygen atoms in total. The first-order valence-electron chi connectivity index (χ1n) is 8.16. The number of rotatable bonds is 3. The number of benzene rings is 1. The van der Waals surface area contributed by atoms with Gasteiger partial charge >= 0.3 is 0 Å². The largest absolute Gasteiger partial charge is 0.385 e. The van der Waals surface area contributed by atoms with Crippen LogP contribution in [0.3, 0.4) is 0 Å². The first-order valence-corrected chi connectivity index (χ1v) is 8.16. The fourth-order valence-electron chi connectivity index (χ4n) is 3.19. The fraction of sp³-hybridized carbons (Fsp3) is 0.412. The van der Waals surface area contributed by atoms with Gasteiger partial charge in [-0.25, -0.2) is 4.63 Å². The molecule has 4 rings (SSSR count). The minimum Gasteiger partial charge on any atom is -0.385 e. The van der Waals surface area contributed by atoms with E-state index in [-0.39, 0.29) is 12.5 Å². The monoisotopic (exact) mass is 326 g/mol. The average molecular weight is 326 g/mol. The molecule has 0 unspecified atom stereocenters. The maximum atomic E-state index is 12.3. The van der Waals surface area contributed by atoms with Crippen LogP contribution in [0.25, 0.3) is 0 Å². The van der Waals surface area contributed by atoms with Gasteiger partial charge in [-0.2, -0.15) is 0 Å². The quantitative estimate of drug-likeness (QED) is 0.802. The molecule has 24 heavy (non-hydrogen) atoms. The number of aromatic nitrogens is 2. The Labute approximate surface area is 139 Å². The molecule has 0 radical (unpaired) electrons. The van der Waals surface area contributed by atoms with Crippen LogP contribution in [0.4, 0.5) is 0 Å². The van der Waals surface area contributed by atoms with Crippen LogP contribution in [-0.4, -0.2) is 40.0 Å². The number of hydrogen-bond donors (Lipinski definition) is 0. The Morgan fingerprint density at radius 3 is 3.00 bits per heavy atom. The van der Waals surface area contributed by atoms with Crippen molar-refractivity contribution in [3.8, 4) is 0 Å². The molecule has 1 aliphatic carbocycles. The van der Waals surface area contributed by atoms with Crippen LogP contribution in [-0.2, 0) is 29.0 Å². The Hall–Kier alpha value is -2.70. The van der Waals surface area contributed by atoms with Gasteiger partial charge in [0.2, 0.25) is 0 Å². The number of amides is 1. The molecule has 0 bridgehead atoms. The van der Waals surface area contributed by atoms with Crippen LogP contribution < -0.4 is 0 Å². The van der Waals surface area contributed by atoms with Gasteiger partial charge in [0.05, 0.1) is 0 Å². The molecule has 2 aliphatic rings. The Morgan fingerprint density at radius 1 is 1.21 bits per heavy atom. The second-order valence-corrected chi connectivity index (χ2v) is 6.06. The highest BCUT2D eigenvalue weighted by Crippen LogP contribution is 2.19. The molecular formula is C17H18N4O3. The van der Waals surface area contributed by atoms with Gasteiger partial charge in [0.15, 0.2) is 12.3 Å². The van der Waals surface area contributed by atoms with Gasteiger partial charge in [-0.15, -0.1) is 0 Å². The van der Waals surface area contributed by atoms with Crippen molar-refractivity contribution in [1.29, 1.82) is 0 Å². The van der Waals surface area contributed by atoms with Crippen molar-refractivity contribution < 1.29 is 14.3 Å². The number of carbonyl (C=O) groups excluding carboxylic acids is 1. The number of fused-ring (bicyclic) bond motifs is 2. The summed E-state index contributed by atoms with van der Waals surface area (Å²) in [5.74, 6) is -0.0526. The lowest BCUT2D eigenvalue weighted by molar-refractivity contribution is -0.137. The van der Waals surface area contributed by atoms with Gasteiger partial charge in [0, 0.05) is 13.1 Å². The molecule has 0 saturated carbocycles. The van der Waals surface area contributed by atoms with Gasteiger partial charge in [-0.3, -0.25) is 4.79 Å². The minimum atomic E-state index is -0.0632. The molecule has 2 heterocycles. The number of nitrogens with zero attached hydrogens (tertiary/aromatic N) is 4. The Bertz CT molecular complexity index is 784. The lowest BCUT2D eigenvalue weighted by Gasteiger charge is -2.28. The molecule has 1 aliphatic heterocycles. The van der Waals surface area contributed by atoms with Gasteiger partial charge in [0.1, 0.15) is 11.4 Å². The summed E-state index contributed by atoms with van der Waals surface area (Å²) in [4.78, 5) is 19.4. The van der Waals surface area contributed by atoms with Crippen molar-refractivity contribution in [2.24, 2.45) is 5.16 Å². The lowest BCUT2D eigenvalue weighted by atomic mass is 9.99. The van der Waals surface area contributed by atoms with Gasteiger partial charge < -0.3 is 9.74 Å². The van der Waals surface area contributed by atoms with Gasteiger partial charge in [-0.1, -0.05) is 34.6 Å². The predicted octanol–water partition coefficient (Wildman–Crippen LogP) is 1.71. The van der Waals surface area contributed by atoms with Gasteiger partial charge in [0.25, 0.3) is 5.91 Å². The normalized spacial score (nSPS) is 18.2. The number of carbonyl (C=O) groups is 1. The highest BCUT2D eigenvalue weighted by atomic mass is 16.6. The van der Waals surface area contributed by atoms with Crippen molar-refractivity contribution in [2.45, 2.75) is 32.2 Å². The smallest absolute Gasteiger partial charge is 0.263 e. The third kappa shape index (κ3) is 2.89. The van der Waals surface area contributed by atoms with Crippen LogP contribution in [0.1, 0.15) is 35.4 Å². The topological polar surface area (TPSA) is 80.8 Å². The van der Waals surface area contributed by atoms with Crippen molar-refractivity contribution in [3.63, 3.8) is 0 Å². The Morgan fingerprint density at radius 2 is 2.08 bits per heavy atom. The molecule has 0 atom stereocenters. The summed E-state index contributed by atoms with van der Waals surface area (Å²) in [7, 11) is 0. The van der Waals surface area contributed by atoms with E-state index in [1.54, 1.807) is 0 Å². The number of aryl methyl sites for hydroxylation is 1. The second kappa shape index (κ2) is 6.43. The van der Waals surface area contributed by atoms with Crippen LogP contribution in [0, 0.1) is 0 Å². The molecule has 124 valence electrons. The summed E-state index contributed by atoms with van der Waals surface area (Å²) < 4.78 is 4.74. The summed E-state index contributed by atoms with van der Waals surface area (Å²) >= 11 is 0. The molecule has 2 aromatic rings. The summed E-state index contributed by atoms with van der Waals surface area (Å²) in [6, 6.07) is 8.22. The summed E-state index contributed by atoms with van der Waals surface area (Å²) in [5.41, 5.74) is 4.68. The van der Waals surface area contributed by atoms with Crippen LogP contribution in [0.15, 0.2) is 34.1 Å². The highest BCUT2D eigenvalue weighted by Gasteiger charge is 2.23. The molecule has 0 fully saturated rings. The summed E-state index contributed by atoms with van der Waals surface area (Å²) in [6.45, 7) is 1.28. The maximum absolute atomic E-state index is 12.3. The number of oxime groups is 1. The molecule has 1 aromatic heterocycles. The molecule has 0 N–H and O–H groups in total. The standard InChI is InChI=1S/C17H18N4O3/c22-16(21-9-8-12-4-1-2-5-13(12)10-21)11-23-18-14-6-3-7-15-17(14)20-24-19-15/h1-2,4-5H,3,6-11H2/b18-14-. The average Bonchev–Trinajstić information content (AvgIpc) is 3.11. The Kier molecular flexibility index (Phi) is 3.98. The summed E-state index contributed by atoms with van der Waals surface area (Å²) in [6.07, 6.45) is 3.40.